The average Bonchev–Trinajstić information content (AvgIpc) is 3.52. The van der Waals surface area contributed by atoms with Gasteiger partial charge in [-0.25, -0.2) is 4.79 Å². The maximum Gasteiger partial charge on any atom is 0.413 e. The van der Waals surface area contributed by atoms with Crippen LogP contribution in [0.4, 0.5) is 35.4 Å². The molecule has 9 nitrogen and oxygen atoms in total. The van der Waals surface area contributed by atoms with E-state index in [9.17, 15) is 22.8 Å². The first-order chi connectivity index (χ1) is 17.1. The zero-order valence-electron chi connectivity index (χ0n) is 20.1. The van der Waals surface area contributed by atoms with Crippen molar-refractivity contribution in [2.75, 3.05) is 41.4 Å². The quantitative estimate of drug-likeness (QED) is 0.626. The Morgan fingerprint density at radius 1 is 1.28 bits per heavy atom. The second-order valence-corrected chi connectivity index (χ2v) is 9.69. The molecule has 36 heavy (non-hydrogen) atoms. The summed E-state index contributed by atoms with van der Waals surface area (Å²) in [6, 6.07) is 8.03. The average molecular weight is 507 g/mol. The number of fused-ring (bicyclic) bond motifs is 3. The van der Waals surface area contributed by atoms with E-state index in [0.717, 1.165) is 23.5 Å². The molecule has 0 aliphatic carbocycles. The van der Waals surface area contributed by atoms with Crippen molar-refractivity contribution in [3.05, 3.63) is 46.2 Å². The zero-order valence-corrected chi connectivity index (χ0v) is 20.1. The molecule has 3 aliphatic rings. The Kier molecular flexibility index (Phi) is 6.09. The third-order valence-electron chi connectivity index (χ3n) is 7.26. The molecule has 0 saturated carbocycles. The molecule has 1 aromatic heterocycles. The fourth-order valence-electron chi connectivity index (χ4n) is 5.20. The number of hydrogen-bond donors (Lipinski definition) is 2. The Bertz CT molecular complexity index is 1200. The number of anilines is 3. The topological polar surface area (TPSA) is 91.7 Å². The van der Waals surface area contributed by atoms with E-state index in [1.54, 1.807) is 24.3 Å². The van der Waals surface area contributed by atoms with Crippen LogP contribution in [0.1, 0.15) is 25.8 Å². The number of nitrogens with zero attached hydrogens (tertiary/aromatic N) is 4. The van der Waals surface area contributed by atoms with Crippen molar-refractivity contribution in [1.82, 2.24) is 14.9 Å². The first kappa shape index (κ1) is 24.4. The van der Waals surface area contributed by atoms with Gasteiger partial charge in [0, 0.05) is 31.4 Å². The number of halogens is 3. The van der Waals surface area contributed by atoms with Gasteiger partial charge in [-0.2, -0.15) is 18.2 Å². The Morgan fingerprint density at radius 2 is 2.03 bits per heavy atom. The minimum absolute atomic E-state index is 0.0180. The van der Waals surface area contributed by atoms with Crippen molar-refractivity contribution < 1.29 is 22.7 Å². The SMILES string of the molecule is CCNC(=O)Nc1ccc(CCN2c3nc(N4CC5CC4CO5)cc(=O)n3CC2(C)C(F)(F)F)cc1. The number of ether oxygens (including phenoxy) is 1. The molecule has 194 valence electrons. The van der Waals surface area contributed by atoms with Gasteiger partial charge in [0.2, 0.25) is 5.95 Å². The van der Waals surface area contributed by atoms with Crippen LogP contribution >= 0.6 is 0 Å². The van der Waals surface area contributed by atoms with Gasteiger partial charge in [-0.15, -0.1) is 0 Å². The molecule has 2 aromatic rings. The van der Waals surface area contributed by atoms with Crippen LogP contribution in [-0.2, 0) is 17.7 Å². The number of benzene rings is 1. The van der Waals surface area contributed by atoms with Crippen LogP contribution in [0, 0.1) is 0 Å². The zero-order chi connectivity index (χ0) is 25.7. The second-order valence-electron chi connectivity index (χ2n) is 9.69. The molecule has 2 saturated heterocycles. The summed E-state index contributed by atoms with van der Waals surface area (Å²) in [7, 11) is 0. The van der Waals surface area contributed by atoms with Crippen molar-refractivity contribution in [2.24, 2.45) is 0 Å². The van der Waals surface area contributed by atoms with Crippen molar-refractivity contribution in [3.8, 4) is 0 Å². The summed E-state index contributed by atoms with van der Waals surface area (Å²) in [4.78, 5) is 32.4. The van der Waals surface area contributed by atoms with Gasteiger partial charge >= 0.3 is 12.2 Å². The van der Waals surface area contributed by atoms with Crippen LogP contribution in [0.15, 0.2) is 35.1 Å². The lowest BCUT2D eigenvalue weighted by atomic mass is 10.00. The smallest absolute Gasteiger partial charge is 0.374 e. The lowest BCUT2D eigenvalue weighted by Gasteiger charge is -2.37. The Hall–Kier alpha value is -3.28. The van der Waals surface area contributed by atoms with Gasteiger partial charge in [0.1, 0.15) is 5.82 Å². The molecular weight excluding hydrogens is 477 g/mol. The molecule has 3 atom stereocenters. The summed E-state index contributed by atoms with van der Waals surface area (Å²) in [5.41, 5.74) is -1.38. The van der Waals surface area contributed by atoms with Gasteiger partial charge < -0.3 is 25.2 Å². The number of carbonyl (C=O) groups is 1. The first-order valence-corrected chi connectivity index (χ1v) is 12.1. The van der Waals surface area contributed by atoms with E-state index in [1.165, 1.54) is 11.0 Å². The summed E-state index contributed by atoms with van der Waals surface area (Å²) in [5, 5.41) is 5.33. The standard InChI is InChI=1S/C24H29F3N6O3/c1-3-28-21(35)29-16-6-4-15(5-7-16)8-9-33-22-30-19(31-12-18-10-17(31)13-36-18)11-20(34)32(22)14-23(33,2)24(25,26)27/h4-7,11,17-18H,3,8-10,12-14H2,1-2H3,(H2,28,29,35). The van der Waals surface area contributed by atoms with Crippen LogP contribution in [0.25, 0.3) is 0 Å². The molecule has 4 heterocycles. The predicted molar refractivity (Wildman–Crippen MR) is 129 cm³/mol. The van der Waals surface area contributed by atoms with Gasteiger partial charge in [-0.05, 0) is 44.4 Å². The summed E-state index contributed by atoms with van der Waals surface area (Å²) in [6.07, 6.45) is -3.38. The molecule has 2 bridgehead atoms. The van der Waals surface area contributed by atoms with Gasteiger partial charge in [0.25, 0.3) is 5.56 Å². The van der Waals surface area contributed by atoms with Crippen LogP contribution in [0.5, 0.6) is 0 Å². The van der Waals surface area contributed by atoms with Gasteiger partial charge in [-0.3, -0.25) is 9.36 Å². The molecule has 12 heteroatoms. The van der Waals surface area contributed by atoms with Crippen LogP contribution in [0.3, 0.4) is 0 Å². The Morgan fingerprint density at radius 3 is 2.64 bits per heavy atom. The second kappa shape index (κ2) is 8.99. The van der Waals surface area contributed by atoms with E-state index < -0.39 is 23.8 Å². The molecule has 2 N–H and O–H groups in total. The number of carbonyl (C=O) groups excluding carboxylic acids is 1. The normalized spacial score (nSPS) is 24.8. The van der Waals surface area contributed by atoms with Crippen LogP contribution in [-0.4, -0.2) is 65.7 Å². The van der Waals surface area contributed by atoms with Crippen molar-refractivity contribution >= 4 is 23.5 Å². The van der Waals surface area contributed by atoms with Crippen LogP contribution < -0.4 is 26.0 Å². The van der Waals surface area contributed by atoms with E-state index >= 15 is 0 Å². The lowest BCUT2D eigenvalue weighted by Crippen LogP contribution is -2.56. The van der Waals surface area contributed by atoms with Gasteiger partial charge in [0.15, 0.2) is 5.54 Å². The van der Waals surface area contributed by atoms with Crippen molar-refractivity contribution in [1.29, 1.82) is 0 Å². The van der Waals surface area contributed by atoms with Crippen molar-refractivity contribution in [3.63, 3.8) is 0 Å². The first-order valence-electron chi connectivity index (χ1n) is 12.1. The maximum absolute atomic E-state index is 14.3. The molecule has 0 radical (unpaired) electrons. The number of alkyl halides is 3. The third kappa shape index (κ3) is 4.27. The van der Waals surface area contributed by atoms with Gasteiger partial charge in [0.05, 0.1) is 25.3 Å². The van der Waals surface area contributed by atoms with Crippen LogP contribution in [0.2, 0.25) is 0 Å². The van der Waals surface area contributed by atoms with E-state index in [4.69, 9.17) is 4.74 Å². The fourth-order valence-corrected chi connectivity index (χ4v) is 5.20. The van der Waals surface area contributed by atoms with E-state index in [2.05, 4.69) is 15.6 Å². The highest BCUT2D eigenvalue weighted by Gasteiger charge is 2.59. The molecule has 3 unspecified atom stereocenters. The Balaban J connectivity index is 1.39. The van der Waals surface area contributed by atoms with E-state index in [-0.39, 0.29) is 30.7 Å². The molecular formula is C24H29F3N6O3. The summed E-state index contributed by atoms with van der Waals surface area (Å²) in [5.74, 6) is 0.440. The van der Waals surface area contributed by atoms with Gasteiger partial charge in [-0.1, -0.05) is 12.1 Å². The van der Waals surface area contributed by atoms with E-state index in [0.29, 0.717) is 37.6 Å². The predicted octanol–water partition coefficient (Wildman–Crippen LogP) is 2.75. The number of nitrogens with one attached hydrogen (secondary N) is 2. The number of rotatable bonds is 6. The van der Waals surface area contributed by atoms with E-state index in [1.807, 2.05) is 11.8 Å². The number of urea groups is 1. The lowest BCUT2D eigenvalue weighted by molar-refractivity contribution is -0.182. The minimum Gasteiger partial charge on any atom is -0.374 e. The highest BCUT2D eigenvalue weighted by atomic mass is 19.4. The van der Waals surface area contributed by atoms with Crippen molar-refractivity contribution in [2.45, 2.75) is 57.1 Å². The summed E-state index contributed by atoms with van der Waals surface area (Å²) in [6.45, 7) is 4.03. The largest absolute Gasteiger partial charge is 0.413 e. The molecule has 2 fully saturated rings. The third-order valence-corrected chi connectivity index (χ3v) is 7.26. The monoisotopic (exact) mass is 506 g/mol. The highest BCUT2D eigenvalue weighted by Crippen LogP contribution is 2.43. The molecule has 1 aromatic carbocycles. The highest BCUT2D eigenvalue weighted by molar-refractivity contribution is 5.89. The molecule has 5 rings (SSSR count). The molecule has 0 spiro atoms. The minimum atomic E-state index is -4.58. The summed E-state index contributed by atoms with van der Waals surface area (Å²) < 4.78 is 49.7. The summed E-state index contributed by atoms with van der Waals surface area (Å²) >= 11 is 0. The number of hydrogen-bond acceptors (Lipinski definition) is 6. The number of morpholine rings is 1. The number of aromatic nitrogens is 2. The number of amides is 2. The Labute approximate surface area is 206 Å². The molecule has 2 amide bonds. The fraction of sp³-hybridized carbons (Fsp3) is 0.542. The maximum atomic E-state index is 14.3. The molecule has 3 aliphatic heterocycles.